The van der Waals surface area contributed by atoms with Gasteiger partial charge in [-0.25, -0.2) is 4.39 Å². The van der Waals surface area contributed by atoms with Crippen LogP contribution in [0, 0.1) is 5.82 Å². The van der Waals surface area contributed by atoms with E-state index < -0.39 is 5.82 Å². The molecule has 0 bridgehead atoms. The van der Waals surface area contributed by atoms with Gasteiger partial charge in [-0.05, 0) is 12.1 Å². The molecule has 0 atom stereocenters. The van der Waals surface area contributed by atoms with Gasteiger partial charge in [0.15, 0.2) is 0 Å². The topological polar surface area (TPSA) is 20.2 Å². The summed E-state index contributed by atoms with van der Waals surface area (Å²) in [4.78, 5) is 0. The van der Waals surface area contributed by atoms with Crippen molar-refractivity contribution in [3.63, 3.8) is 0 Å². The molecule has 62 valence electrons. The summed E-state index contributed by atoms with van der Waals surface area (Å²) < 4.78 is 12.0. The third kappa shape index (κ3) is 5.40. The first-order valence-corrected chi connectivity index (χ1v) is 3.65. The van der Waals surface area contributed by atoms with Crippen molar-refractivity contribution in [1.29, 1.82) is 0 Å². The van der Waals surface area contributed by atoms with Crippen molar-refractivity contribution in [2.75, 3.05) is 0 Å². The minimum absolute atomic E-state index is 0.0370. The molecule has 1 aromatic carbocycles. The second kappa shape index (κ2) is 5.71. The van der Waals surface area contributed by atoms with E-state index in [0.29, 0.717) is 0 Å². The van der Waals surface area contributed by atoms with Crippen LogP contribution in [0.2, 0.25) is 0 Å². The fourth-order valence-corrected chi connectivity index (χ4v) is 0.476. The molecule has 0 aromatic heterocycles. The van der Waals surface area contributed by atoms with Gasteiger partial charge >= 0.3 is 0 Å². The van der Waals surface area contributed by atoms with Gasteiger partial charge in [0.2, 0.25) is 0 Å². The maximum Gasteiger partial charge on any atom is 0.126 e. The van der Waals surface area contributed by atoms with Crippen molar-refractivity contribution in [2.45, 2.75) is 20.3 Å². The molecule has 0 aliphatic heterocycles. The molecule has 11 heavy (non-hydrogen) atoms. The molecule has 0 aliphatic rings. The lowest BCUT2D eigenvalue weighted by Gasteiger charge is -1.86. The molecule has 0 heterocycles. The molecule has 0 fully saturated rings. The maximum atomic E-state index is 12.0. The second-order valence-electron chi connectivity index (χ2n) is 2.19. The van der Waals surface area contributed by atoms with E-state index in [4.69, 9.17) is 5.11 Å². The highest BCUT2D eigenvalue weighted by Gasteiger charge is 1.86. The zero-order valence-electron chi connectivity index (χ0n) is 6.84. The average Bonchev–Trinajstić information content (AvgIpc) is 1.88. The van der Waals surface area contributed by atoms with E-state index in [1.165, 1.54) is 24.6 Å². The zero-order valence-corrected chi connectivity index (χ0v) is 6.84. The number of phenolic OH excluding ortho intramolecular Hbond substituents is 1. The minimum atomic E-state index is -0.412. The summed E-state index contributed by atoms with van der Waals surface area (Å²) in [5.74, 6) is -0.449. The minimum Gasteiger partial charge on any atom is -0.508 e. The summed E-state index contributed by atoms with van der Waals surface area (Å²) in [6, 6.07) is 5.20. The van der Waals surface area contributed by atoms with Crippen molar-refractivity contribution in [3.05, 3.63) is 30.1 Å². The highest BCUT2D eigenvalue weighted by Crippen LogP contribution is 2.07. The van der Waals surface area contributed by atoms with Crippen LogP contribution in [0.15, 0.2) is 24.3 Å². The number of halogens is 1. The Kier molecular flexibility index (Phi) is 5.17. The molecular formula is C9H13FO. The Labute approximate surface area is 66.5 Å². The van der Waals surface area contributed by atoms with E-state index in [9.17, 15) is 4.39 Å². The van der Waals surface area contributed by atoms with E-state index >= 15 is 0 Å². The standard InChI is InChI=1S/C6H5FO.C3H8/c7-5-2-1-3-6(8)4-5;1-3-2/h1-4,8H;3H2,1-2H3. The Bertz CT molecular complexity index is 181. The number of hydrogen-bond donors (Lipinski definition) is 1. The smallest absolute Gasteiger partial charge is 0.126 e. The van der Waals surface area contributed by atoms with Crippen LogP contribution in [0.5, 0.6) is 5.75 Å². The molecule has 0 aliphatic carbocycles. The van der Waals surface area contributed by atoms with Crippen molar-refractivity contribution >= 4 is 0 Å². The lowest BCUT2D eigenvalue weighted by atomic mass is 10.3. The molecule has 1 rings (SSSR count). The van der Waals surface area contributed by atoms with Crippen LogP contribution >= 0.6 is 0 Å². The van der Waals surface area contributed by atoms with Gasteiger partial charge in [0.05, 0.1) is 0 Å². The van der Waals surface area contributed by atoms with Gasteiger partial charge in [-0.1, -0.05) is 26.3 Å². The summed E-state index contributed by atoms with van der Waals surface area (Å²) in [7, 11) is 0. The molecule has 2 heteroatoms. The van der Waals surface area contributed by atoms with E-state index in [-0.39, 0.29) is 5.75 Å². The molecule has 0 saturated heterocycles. The normalized spacial score (nSPS) is 8.27. The van der Waals surface area contributed by atoms with Crippen LogP contribution in [0.4, 0.5) is 4.39 Å². The molecule has 1 nitrogen and oxygen atoms in total. The Morgan fingerprint density at radius 3 is 2.18 bits per heavy atom. The van der Waals surface area contributed by atoms with E-state index in [2.05, 4.69) is 13.8 Å². The Hall–Kier alpha value is -1.05. The summed E-state index contributed by atoms with van der Waals surface area (Å²) in [6.07, 6.45) is 1.25. The molecule has 1 aromatic rings. The second-order valence-corrected chi connectivity index (χ2v) is 2.19. The quantitative estimate of drug-likeness (QED) is 0.612. The first kappa shape index (κ1) is 9.95. The Morgan fingerprint density at radius 2 is 1.91 bits per heavy atom. The summed E-state index contributed by atoms with van der Waals surface area (Å²) >= 11 is 0. The SMILES string of the molecule is CCC.Oc1cccc(F)c1. The van der Waals surface area contributed by atoms with Gasteiger partial charge in [0.1, 0.15) is 11.6 Å². The monoisotopic (exact) mass is 156 g/mol. The highest BCUT2D eigenvalue weighted by atomic mass is 19.1. The molecule has 0 unspecified atom stereocenters. The van der Waals surface area contributed by atoms with Gasteiger partial charge in [-0.15, -0.1) is 0 Å². The van der Waals surface area contributed by atoms with Gasteiger partial charge in [-0.3, -0.25) is 0 Å². The maximum absolute atomic E-state index is 12.0. The number of phenols is 1. The van der Waals surface area contributed by atoms with Crippen molar-refractivity contribution < 1.29 is 9.50 Å². The zero-order chi connectivity index (χ0) is 8.69. The van der Waals surface area contributed by atoms with Crippen LogP contribution in [0.1, 0.15) is 20.3 Å². The first-order valence-electron chi connectivity index (χ1n) is 3.65. The van der Waals surface area contributed by atoms with Gasteiger partial charge in [0.25, 0.3) is 0 Å². The lowest BCUT2D eigenvalue weighted by Crippen LogP contribution is -1.68. The van der Waals surface area contributed by atoms with Crippen molar-refractivity contribution in [2.24, 2.45) is 0 Å². The summed E-state index contributed by atoms with van der Waals surface area (Å²) in [6.45, 7) is 4.25. The Balaban J connectivity index is 0.000000292. The van der Waals surface area contributed by atoms with E-state index in [1.807, 2.05) is 0 Å². The predicted molar refractivity (Wildman–Crippen MR) is 44.0 cm³/mol. The number of benzene rings is 1. The number of aromatic hydroxyl groups is 1. The molecule has 0 radical (unpaired) electrons. The number of rotatable bonds is 0. The van der Waals surface area contributed by atoms with Crippen LogP contribution < -0.4 is 0 Å². The van der Waals surface area contributed by atoms with Crippen LogP contribution in [0.25, 0.3) is 0 Å². The van der Waals surface area contributed by atoms with Gasteiger partial charge in [-0.2, -0.15) is 0 Å². The van der Waals surface area contributed by atoms with E-state index in [0.717, 1.165) is 6.07 Å². The van der Waals surface area contributed by atoms with Crippen molar-refractivity contribution in [3.8, 4) is 5.75 Å². The van der Waals surface area contributed by atoms with E-state index in [1.54, 1.807) is 0 Å². The fourth-order valence-electron chi connectivity index (χ4n) is 0.476. The third-order valence-corrected chi connectivity index (χ3v) is 0.808. The van der Waals surface area contributed by atoms with Crippen LogP contribution in [-0.2, 0) is 0 Å². The Morgan fingerprint density at radius 1 is 1.36 bits per heavy atom. The first-order chi connectivity index (χ1) is 5.20. The largest absolute Gasteiger partial charge is 0.508 e. The number of hydrogen-bond acceptors (Lipinski definition) is 1. The van der Waals surface area contributed by atoms with Crippen LogP contribution in [0.3, 0.4) is 0 Å². The third-order valence-electron chi connectivity index (χ3n) is 0.808. The molecule has 1 N–H and O–H groups in total. The summed E-state index contributed by atoms with van der Waals surface area (Å²) in [5, 5.41) is 8.57. The van der Waals surface area contributed by atoms with Gasteiger partial charge in [0, 0.05) is 6.07 Å². The van der Waals surface area contributed by atoms with Crippen LogP contribution in [-0.4, -0.2) is 5.11 Å². The lowest BCUT2D eigenvalue weighted by molar-refractivity contribution is 0.469. The van der Waals surface area contributed by atoms with Gasteiger partial charge < -0.3 is 5.11 Å². The highest BCUT2D eigenvalue weighted by molar-refractivity contribution is 5.20. The fraction of sp³-hybridized carbons (Fsp3) is 0.333. The molecular weight excluding hydrogens is 143 g/mol. The average molecular weight is 156 g/mol. The molecule has 0 saturated carbocycles. The molecule has 0 spiro atoms. The predicted octanol–water partition coefficient (Wildman–Crippen LogP) is 2.95. The summed E-state index contributed by atoms with van der Waals surface area (Å²) in [5.41, 5.74) is 0. The van der Waals surface area contributed by atoms with Crippen molar-refractivity contribution in [1.82, 2.24) is 0 Å². The molecule has 0 amide bonds.